The van der Waals surface area contributed by atoms with E-state index in [9.17, 15) is 22.8 Å². The van der Waals surface area contributed by atoms with Gasteiger partial charge in [-0.05, 0) is 33.1 Å². The van der Waals surface area contributed by atoms with Crippen LogP contribution in [0.25, 0.3) is 0 Å². The second kappa shape index (κ2) is 10.5. The third kappa shape index (κ3) is 6.02. The van der Waals surface area contributed by atoms with E-state index < -0.39 is 40.5 Å². The van der Waals surface area contributed by atoms with Gasteiger partial charge in [0, 0.05) is 19.6 Å². The quantitative estimate of drug-likeness (QED) is 0.443. The molecule has 1 unspecified atom stereocenters. The van der Waals surface area contributed by atoms with Crippen molar-refractivity contribution in [2.75, 3.05) is 26.2 Å². The van der Waals surface area contributed by atoms with Crippen LogP contribution in [0.4, 0.5) is 4.79 Å². The molecule has 168 valence electrons. The molecule has 1 aliphatic rings. The third-order valence-corrected chi connectivity index (χ3v) is 6.81. The summed E-state index contributed by atoms with van der Waals surface area (Å²) in [4.78, 5) is 35.6. The number of sulfonamides is 1. The number of urea groups is 1. The lowest BCUT2D eigenvalue weighted by Gasteiger charge is -2.30. The summed E-state index contributed by atoms with van der Waals surface area (Å²) in [5, 5.41) is 8.26. The van der Waals surface area contributed by atoms with Crippen LogP contribution >= 0.6 is 0 Å². The highest BCUT2D eigenvalue weighted by atomic mass is 32.2. The van der Waals surface area contributed by atoms with Crippen LogP contribution in [0.1, 0.15) is 44.1 Å². The van der Waals surface area contributed by atoms with Crippen LogP contribution in [0.5, 0.6) is 0 Å². The van der Waals surface area contributed by atoms with Crippen molar-refractivity contribution in [2.24, 2.45) is 5.92 Å². The lowest BCUT2D eigenvalue weighted by molar-refractivity contribution is -0.153. The van der Waals surface area contributed by atoms with Gasteiger partial charge in [-0.25, -0.2) is 13.2 Å². The zero-order chi connectivity index (χ0) is 22.3. The molecular formula is C18H28N4O7S. The van der Waals surface area contributed by atoms with E-state index in [0.29, 0.717) is 19.4 Å². The Hall–Kier alpha value is -2.47. The SMILES string of the molecule is CCCCNC(=O)NC(=O)COC(=O)C1CCCN(S(=O)(=O)c2c(C)noc2C)C1. The number of aryl methyl sites for hydroxylation is 2. The number of aromatic nitrogens is 1. The van der Waals surface area contributed by atoms with Crippen molar-refractivity contribution < 1.29 is 32.1 Å². The van der Waals surface area contributed by atoms with Crippen molar-refractivity contribution >= 4 is 27.9 Å². The third-order valence-electron chi connectivity index (χ3n) is 4.70. The summed E-state index contributed by atoms with van der Waals surface area (Å²) < 4.78 is 37.0. The van der Waals surface area contributed by atoms with Crippen LogP contribution in [0, 0.1) is 19.8 Å². The molecule has 0 aromatic carbocycles. The highest BCUT2D eigenvalue weighted by Crippen LogP contribution is 2.28. The Morgan fingerprint density at radius 2 is 2.03 bits per heavy atom. The molecule has 3 amide bonds. The Balaban J connectivity index is 1.89. The van der Waals surface area contributed by atoms with Crippen molar-refractivity contribution in [2.45, 2.75) is 51.3 Å². The van der Waals surface area contributed by atoms with Gasteiger partial charge in [0.15, 0.2) is 12.4 Å². The molecule has 0 saturated carbocycles. The highest BCUT2D eigenvalue weighted by Gasteiger charge is 2.37. The van der Waals surface area contributed by atoms with Gasteiger partial charge in [0.25, 0.3) is 5.91 Å². The van der Waals surface area contributed by atoms with Crippen molar-refractivity contribution in [3.63, 3.8) is 0 Å². The Labute approximate surface area is 175 Å². The van der Waals surface area contributed by atoms with Crippen molar-refractivity contribution in [1.29, 1.82) is 0 Å². The second-order valence-corrected chi connectivity index (χ2v) is 9.00. The van der Waals surface area contributed by atoms with Gasteiger partial charge in [-0.3, -0.25) is 14.9 Å². The number of carbonyl (C=O) groups is 3. The monoisotopic (exact) mass is 444 g/mol. The Bertz CT molecular complexity index is 862. The normalized spacial score (nSPS) is 17.4. The highest BCUT2D eigenvalue weighted by molar-refractivity contribution is 7.89. The second-order valence-electron chi connectivity index (χ2n) is 7.12. The standard InChI is InChI=1S/C18H28N4O7S/c1-4-5-8-19-18(25)20-15(23)11-28-17(24)14-7-6-9-22(10-14)30(26,27)16-12(2)21-29-13(16)3/h14H,4-11H2,1-3H3,(H2,19,20,23,25). The number of hydrogen-bond donors (Lipinski definition) is 2. The molecule has 30 heavy (non-hydrogen) atoms. The van der Waals surface area contributed by atoms with E-state index in [1.807, 2.05) is 6.92 Å². The molecule has 1 aliphatic heterocycles. The molecule has 1 saturated heterocycles. The molecule has 0 radical (unpaired) electrons. The summed E-state index contributed by atoms with van der Waals surface area (Å²) in [5.41, 5.74) is 0.256. The fourth-order valence-corrected chi connectivity index (χ4v) is 4.98. The molecule has 1 aromatic rings. The Kier molecular flexibility index (Phi) is 8.35. The molecule has 2 N–H and O–H groups in total. The minimum absolute atomic E-state index is 0.00461. The topological polar surface area (TPSA) is 148 Å². The van der Waals surface area contributed by atoms with Gasteiger partial charge in [-0.1, -0.05) is 18.5 Å². The van der Waals surface area contributed by atoms with E-state index in [-0.39, 0.29) is 29.4 Å². The van der Waals surface area contributed by atoms with Crippen LogP contribution in [0.3, 0.4) is 0 Å². The number of piperidine rings is 1. The van der Waals surface area contributed by atoms with E-state index in [0.717, 1.165) is 12.8 Å². The zero-order valence-corrected chi connectivity index (χ0v) is 18.2. The Morgan fingerprint density at radius 3 is 2.67 bits per heavy atom. The van der Waals surface area contributed by atoms with Gasteiger partial charge in [0.1, 0.15) is 10.6 Å². The molecule has 1 atom stereocenters. The number of imide groups is 1. The van der Waals surface area contributed by atoms with Crippen LogP contribution in [-0.2, 0) is 24.3 Å². The maximum atomic E-state index is 12.9. The predicted octanol–water partition coefficient (Wildman–Crippen LogP) is 0.861. The first-order valence-electron chi connectivity index (χ1n) is 9.84. The average Bonchev–Trinajstić information content (AvgIpc) is 3.05. The largest absolute Gasteiger partial charge is 0.455 e. The molecule has 11 nitrogen and oxygen atoms in total. The van der Waals surface area contributed by atoms with Crippen molar-refractivity contribution in [3.8, 4) is 0 Å². The number of nitrogens with one attached hydrogen (secondary N) is 2. The predicted molar refractivity (Wildman–Crippen MR) is 105 cm³/mol. The van der Waals surface area contributed by atoms with Crippen LogP contribution < -0.4 is 10.6 Å². The Morgan fingerprint density at radius 1 is 1.30 bits per heavy atom. The van der Waals surface area contributed by atoms with Gasteiger partial charge in [-0.15, -0.1) is 0 Å². The fourth-order valence-electron chi connectivity index (χ4n) is 3.17. The summed E-state index contributed by atoms with van der Waals surface area (Å²) in [7, 11) is -3.87. The van der Waals surface area contributed by atoms with Gasteiger partial charge in [0.2, 0.25) is 10.0 Å². The van der Waals surface area contributed by atoms with Crippen LogP contribution in [0.15, 0.2) is 9.42 Å². The maximum absolute atomic E-state index is 12.9. The number of amides is 3. The number of carbonyl (C=O) groups excluding carboxylic acids is 3. The van der Waals surface area contributed by atoms with Gasteiger partial charge in [-0.2, -0.15) is 4.31 Å². The average molecular weight is 445 g/mol. The summed E-state index contributed by atoms with van der Waals surface area (Å²) in [6, 6.07) is -0.654. The first-order chi connectivity index (χ1) is 14.2. The van der Waals surface area contributed by atoms with Gasteiger partial charge < -0.3 is 14.6 Å². The fraction of sp³-hybridized carbons (Fsp3) is 0.667. The summed E-state index contributed by atoms with van der Waals surface area (Å²) in [5.74, 6) is -1.96. The first-order valence-corrected chi connectivity index (χ1v) is 11.3. The van der Waals surface area contributed by atoms with E-state index >= 15 is 0 Å². The van der Waals surface area contributed by atoms with E-state index in [1.54, 1.807) is 0 Å². The minimum atomic E-state index is -3.87. The number of nitrogens with zero attached hydrogens (tertiary/aromatic N) is 2. The minimum Gasteiger partial charge on any atom is -0.455 e. The maximum Gasteiger partial charge on any atom is 0.321 e. The van der Waals surface area contributed by atoms with Gasteiger partial charge in [0.05, 0.1) is 5.92 Å². The van der Waals surface area contributed by atoms with Gasteiger partial charge >= 0.3 is 12.0 Å². The number of rotatable bonds is 8. The molecule has 12 heteroatoms. The first kappa shape index (κ1) is 23.8. The molecule has 2 rings (SSSR count). The summed E-state index contributed by atoms with van der Waals surface area (Å²) in [6.45, 7) is 5.03. The molecule has 1 fully saturated rings. The lowest BCUT2D eigenvalue weighted by atomic mass is 10.00. The molecular weight excluding hydrogens is 416 g/mol. The van der Waals surface area contributed by atoms with Crippen LogP contribution in [0.2, 0.25) is 0 Å². The molecule has 0 aliphatic carbocycles. The molecule has 1 aromatic heterocycles. The smallest absolute Gasteiger partial charge is 0.321 e. The number of hydrogen-bond acceptors (Lipinski definition) is 8. The van der Waals surface area contributed by atoms with Crippen molar-refractivity contribution in [1.82, 2.24) is 20.1 Å². The van der Waals surface area contributed by atoms with Crippen LogP contribution in [-0.4, -0.2) is 62.0 Å². The van der Waals surface area contributed by atoms with E-state index in [2.05, 4.69) is 15.8 Å². The zero-order valence-electron chi connectivity index (χ0n) is 17.4. The van der Waals surface area contributed by atoms with Crippen molar-refractivity contribution in [3.05, 3.63) is 11.5 Å². The molecule has 0 spiro atoms. The van der Waals surface area contributed by atoms with E-state index in [4.69, 9.17) is 9.26 Å². The number of unbranched alkanes of at least 4 members (excludes halogenated alkanes) is 1. The summed E-state index contributed by atoms with van der Waals surface area (Å²) >= 11 is 0. The number of ether oxygens (including phenoxy) is 1. The lowest BCUT2D eigenvalue weighted by Crippen LogP contribution is -2.44. The van der Waals surface area contributed by atoms with E-state index in [1.165, 1.54) is 18.2 Å². The number of esters is 1. The molecule has 2 heterocycles. The molecule has 0 bridgehead atoms. The summed E-state index contributed by atoms with van der Waals surface area (Å²) in [6.07, 6.45) is 2.59.